The zero-order chi connectivity index (χ0) is 13.7. The molecule has 2 fully saturated rings. The molecule has 0 spiro atoms. The second kappa shape index (κ2) is 4.27. The van der Waals surface area contributed by atoms with E-state index in [1.165, 1.54) is 16.6 Å². The Morgan fingerprint density at radius 2 is 2.10 bits per heavy atom. The lowest BCUT2D eigenvalue weighted by molar-refractivity contribution is -0.131. The minimum atomic E-state index is 0.197. The summed E-state index contributed by atoms with van der Waals surface area (Å²) in [6.07, 6.45) is 3.10. The number of anilines is 1. The maximum Gasteiger partial charge on any atom is 0.225 e. The highest BCUT2D eigenvalue weighted by molar-refractivity contribution is 5.93. The Labute approximate surface area is 118 Å². The largest absolute Gasteiger partial charge is 0.366 e. The van der Waals surface area contributed by atoms with E-state index in [1.54, 1.807) is 0 Å². The number of para-hydroxylation sites is 1. The summed E-state index contributed by atoms with van der Waals surface area (Å²) in [4.78, 5) is 19.9. The lowest BCUT2D eigenvalue weighted by Crippen LogP contribution is -2.51. The van der Waals surface area contributed by atoms with Crippen LogP contribution in [0.4, 0.5) is 5.69 Å². The first kappa shape index (κ1) is 11.8. The molecule has 1 aromatic carbocycles. The number of rotatable bonds is 1. The predicted octanol–water partition coefficient (Wildman–Crippen LogP) is 2.22. The number of aromatic amines is 1. The highest BCUT2D eigenvalue weighted by Crippen LogP contribution is 2.32. The molecule has 1 amide bonds. The van der Waals surface area contributed by atoms with Crippen LogP contribution in [0.1, 0.15) is 13.3 Å². The van der Waals surface area contributed by atoms with E-state index in [0.29, 0.717) is 11.9 Å². The second-order valence-electron chi connectivity index (χ2n) is 5.99. The first-order chi connectivity index (χ1) is 9.74. The van der Waals surface area contributed by atoms with Crippen LogP contribution in [-0.2, 0) is 4.79 Å². The molecule has 0 saturated carbocycles. The van der Waals surface area contributed by atoms with Gasteiger partial charge in [0.1, 0.15) is 0 Å². The quantitative estimate of drug-likeness (QED) is 0.862. The standard InChI is InChI=1S/C16H19N3O/c1-11-8-12-10-18(6-7-19(12)16(11)20)15-9-17-14-5-3-2-4-13(14)15/h2-5,9,11-12,17H,6-8,10H2,1H3. The predicted molar refractivity (Wildman–Crippen MR) is 79.8 cm³/mol. The molecule has 3 heterocycles. The number of hydrogen-bond acceptors (Lipinski definition) is 2. The van der Waals surface area contributed by atoms with Crippen molar-refractivity contribution in [3.05, 3.63) is 30.5 Å². The van der Waals surface area contributed by atoms with Gasteiger partial charge in [0.15, 0.2) is 0 Å². The molecule has 1 aromatic heterocycles. The van der Waals surface area contributed by atoms with E-state index in [9.17, 15) is 4.79 Å². The molecule has 2 unspecified atom stereocenters. The Morgan fingerprint density at radius 3 is 3.00 bits per heavy atom. The van der Waals surface area contributed by atoms with Crippen LogP contribution in [0.15, 0.2) is 30.5 Å². The number of amides is 1. The Balaban J connectivity index is 1.63. The van der Waals surface area contributed by atoms with Gasteiger partial charge in [0.05, 0.1) is 5.69 Å². The average Bonchev–Trinajstić information content (AvgIpc) is 3.01. The fraction of sp³-hybridized carbons (Fsp3) is 0.438. The van der Waals surface area contributed by atoms with Crippen LogP contribution in [-0.4, -0.2) is 41.5 Å². The first-order valence-corrected chi connectivity index (χ1v) is 7.35. The molecule has 0 radical (unpaired) electrons. The van der Waals surface area contributed by atoms with E-state index < -0.39 is 0 Å². The Hall–Kier alpha value is -1.97. The number of carbonyl (C=O) groups excluding carboxylic acids is 1. The molecular formula is C16H19N3O. The fourth-order valence-electron chi connectivity index (χ4n) is 3.68. The molecule has 0 aliphatic carbocycles. The number of piperazine rings is 1. The molecule has 2 aliphatic rings. The van der Waals surface area contributed by atoms with Gasteiger partial charge in [0.2, 0.25) is 5.91 Å². The molecule has 2 aromatic rings. The zero-order valence-corrected chi connectivity index (χ0v) is 11.7. The van der Waals surface area contributed by atoms with Crippen molar-refractivity contribution in [3.8, 4) is 0 Å². The Bertz CT molecular complexity index is 663. The molecule has 2 atom stereocenters. The maximum atomic E-state index is 12.0. The highest BCUT2D eigenvalue weighted by atomic mass is 16.2. The third kappa shape index (κ3) is 1.64. The SMILES string of the molecule is CC1CC2CN(c3c[nH]c4ccccc34)CCN2C1=O. The van der Waals surface area contributed by atoms with Crippen molar-refractivity contribution in [2.45, 2.75) is 19.4 Å². The van der Waals surface area contributed by atoms with Crippen LogP contribution in [0.2, 0.25) is 0 Å². The summed E-state index contributed by atoms with van der Waals surface area (Å²) in [6, 6.07) is 8.79. The minimum absolute atomic E-state index is 0.197. The molecule has 4 heteroatoms. The normalized spacial score (nSPS) is 26.4. The van der Waals surface area contributed by atoms with Gasteiger partial charge >= 0.3 is 0 Å². The smallest absolute Gasteiger partial charge is 0.225 e. The summed E-state index contributed by atoms with van der Waals surface area (Å²) < 4.78 is 0. The summed E-state index contributed by atoms with van der Waals surface area (Å²) in [5.74, 6) is 0.538. The molecule has 4 rings (SSSR count). The topological polar surface area (TPSA) is 39.3 Å². The summed E-state index contributed by atoms with van der Waals surface area (Å²) in [5, 5.41) is 1.28. The van der Waals surface area contributed by atoms with Gasteiger partial charge in [-0.25, -0.2) is 0 Å². The third-order valence-electron chi connectivity index (χ3n) is 4.72. The van der Waals surface area contributed by atoms with Gasteiger partial charge in [0, 0.05) is 48.7 Å². The summed E-state index contributed by atoms with van der Waals surface area (Å²) in [5.41, 5.74) is 2.45. The van der Waals surface area contributed by atoms with Gasteiger partial charge in [-0.1, -0.05) is 25.1 Å². The van der Waals surface area contributed by atoms with Crippen molar-refractivity contribution < 1.29 is 4.79 Å². The van der Waals surface area contributed by atoms with Crippen molar-refractivity contribution in [3.63, 3.8) is 0 Å². The van der Waals surface area contributed by atoms with Gasteiger partial charge in [-0.05, 0) is 12.5 Å². The van der Waals surface area contributed by atoms with Crippen LogP contribution in [0, 0.1) is 5.92 Å². The molecule has 2 aliphatic heterocycles. The lowest BCUT2D eigenvalue weighted by atomic mass is 10.1. The van der Waals surface area contributed by atoms with Crippen molar-refractivity contribution in [1.82, 2.24) is 9.88 Å². The number of nitrogens with zero attached hydrogens (tertiary/aromatic N) is 2. The first-order valence-electron chi connectivity index (χ1n) is 7.35. The number of benzene rings is 1. The van der Waals surface area contributed by atoms with E-state index in [0.717, 1.165) is 26.1 Å². The Kier molecular flexibility index (Phi) is 2.52. The summed E-state index contributed by atoms with van der Waals surface area (Å²) in [7, 11) is 0. The minimum Gasteiger partial charge on any atom is -0.366 e. The van der Waals surface area contributed by atoms with Crippen LogP contribution in [0.3, 0.4) is 0 Å². The van der Waals surface area contributed by atoms with E-state index in [4.69, 9.17) is 0 Å². The molecule has 104 valence electrons. The number of hydrogen-bond donors (Lipinski definition) is 1. The van der Waals surface area contributed by atoms with E-state index in [1.807, 2.05) is 0 Å². The van der Waals surface area contributed by atoms with Crippen molar-refractivity contribution in [1.29, 1.82) is 0 Å². The van der Waals surface area contributed by atoms with Crippen molar-refractivity contribution in [2.24, 2.45) is 5.92 Å². The van der Waals surface area contributed by atoms with Crippen molar-refractivity contribution >= 4 is 22.5 Å². The molecule has 0 bridgehead atoms. The van der Waals surface area contributed by atoms with Gasteiger partial charge in [-0.2, -0.15) is 0 Å². The number of H-pyrrole nitrogens is 1. The van der Waals surface area contributed by atoms with Crippen LogP contribution < -0.4 is 4.90 Å². The van der Waals surface area contributed by atoms with Crippen LogP contribution >= 0.6 is 0 Å². The Morgan fingerprint density at radius 1 is 1.25 bits per heavy atom. The average molecular weight is 269 g/mol. The fourth-order valence-corrected chi connectivity index (χ4v) is 3.68. The number of aromatic nitrogens is 1. The molecular weight excluding hydrogens is 250 g/mol. The lowest BCUT2D eigenvalue weighted by Gasteiger charge is -2.38. The van der Waals surface area contributed by atoms with Crippen molar-refractivity contribution in [2.75, 3.05) is 24.5 Å². The number of fused-ring (bicyclic) bond motifs is 2. The summed E-state index contributed by atoms with van der Waals surface area (Å²) in [6.45, 7) is 4.79. The third-order valence-corrected chi connectivity index (χ3v) is 4.72. The van der Waals surface area contributed by atoms with Gasteiger partial charge in [0.25, 0.3) is 0 Å². The molecule has 4 nitrogen and oxygen atoms in total. The highest BCUT2D eigenvalue weighted by Gasteiger charge is 2.40. The molecule has 2 saturated heterocycles. The van der Waals surface area contributed by atoms with Gasteiger partial charge in [-0.3, -0.25) is 4.79 Å². The van der Waals surface area contributed by atoms with Crippen LogP contribution in [0.5, 0.6) is 0 Å². The molecule has 20 heavy (non-hydrogen) atoms. The second-order valence-corrected chi connectivity index (χ2v) is 5.99. The van der Waals surface area contributed by atoms with Crippen LogP contribution in [0.25, 0.3) is 10.9 Å². The van der Waals surface area contributed by atoms with E-state index in [2.05, 4.69) is 52.2 Å². The van der Waals surface area contributed by atoms with Gasteiger partial charge < -0.3 is 14.8 Å². The summed E-state index contributed by atoms with van der Waals surface area (Å²) >= 11 is 0. The number of carbonyl (C=O) groups is 1. The number of nitrogens with one attached hydrogen (secondary N) is 1. The molecule has 1 N–H and O–H groups in total. The maximum absolute atomic E-state index is 12.0. The van der Waals surface area contributed by atoms with Gasteiger partial charge in [-0.15, -0.1) is 0 Å². The van der Waals surface area contributed by atoms with E-state index >= 15 is 0 Å². The monoisotopic (exact) mass is 269 g/mol. The van der Waals surface area contributed by atoms with E-state index in [-0.39, 0.29) is 5.92 Å². The zero-order valence-electron chi connectivity index (χ0n) is 11.7.